The Hall–Kier alpha value is -1.96. The third kappa shape index (κ3) is 2.90. The van der Waals surface area contributed by atoms with Gasteiger partial charge in [0.05, 0.1) is 24.9 Å². The van der Waals surface area contributed by atoms with Gasteiger partial charge in [-0.05, 0) is 12.1 Å². The van der Waals surface area contributed by atoms with Gasteiger partial charge >= 0.3 is 0 Å². The number of aryl methyl sites for hydroxylation is 1. The largest absolute Gasteiger partial charge is 0.464 e. The zero-order valence-electron chi connectivity index (χ0n) is 13.5. The van der Waals surface area contributed by atoms with Crippen LogP contribution >= 0.6 is 11.3 Å². The molecule has 1 fully saturated rings. The van der Waals surface area contributed by atoms with Gasteiger partial charge in [-0.3, -0.25) is 14.1 Å². The summed E-state index contributed by atoms with van der Waals surface area (Å²) in [5.41, 5.74) is 0.754. The Bertz CT molecular complexity index is 898. The highest BCUT2D eigenvalue weighted by molar-refractivity contribution is 7.15. The minimum Gasteiger partial charge on any atom is -0.464 e. The maximum atomic E-state index is 12.2. The molecule has 0 amide bonds. The van der Waals surface area contributed by atoms with Gasteiger partial charge in [-0.2, -0.15) is 0 Å². The van der Waals surface area contributed by atoms with E-state index in [1.807, 2.05) is 17.5 Å². The number of nitrogens with zero attached hydrogens (tertiary/aromatic N) is 3. The molecule has 1 unspecified atom stereocenters. The number of hydrogen-bond donors (Lipinski definition) is 0. The van der Waals surface area contributed by atoms with Crippen molar-refractivity contribution in [3.63, 3.8) is 0 Å². The van der Waals surface area contributed by atoms with Crippen molar-refractivity contribution in [3.8, 4) is 0 Å². The summed E-state index contributed by atoms with van der Waals surface area (Å²) in [6, 6.07) is 5.72. The van der Waals surface area contributed by atoms with Crippen molar-refractivity contribution in [3.05, 3.63) is 57.3 Å². The minimum atomic E-state index is -0.0349. The van der Waals surface area contributed by atoms with Crippen molar-refractivity contribution < 1.29 is 9.15 Å². The molecule has 4 rings (SSSR count). The fourth-order valence-corrected chi connectivity index (χ4v) is 3.77. The van der Waals surface area contributed by atoms with Gasteiger partial charge in [0.25, 0.3) is 5.56 Å². The topological polar surface area (TPSA) is 60.0 Å². The molecule has 4 heterocycles. The summed E-state index contributed by atoms with van der Waals surface area (Å²) in [5, 5.41) is 1.88. The second kappa shape index (κ2) is 6.51. The molecule has 0 radical (unpaired) electrons. The van der Waals surface area contributed by atoms with Gasteiger partial charge in [-0.1, -0.05) is 6.92 Å². The van der Waals surface area contributed by atoms with Crippen LogP contribution in [-0.4, -0.2) is 34.0 Å². The second-order valence-electron chi connectivity index (χ2n) is 5.86. The molecule has 0 aliphatic carbocycles. The van der Waals surface area contributed by atoms with Crippen LogP contribution < -0.4 is 5.56 Å². The summed E-state index contributed by atoms with van der Waals surface area (Å²) in [6.07, 6.45) is 2.63. The zero-order chi connectivity index (χ0) is 16.5. The number of ether oxygens (including phenoxy) is 1. The summed E-state index contributed by atoms with van der Waals surface area (Å²) in [4.78, 5) is 19.8. The first-order valence-corrected chi connectivity index (χ1v) is 8.98. The molecule has 1 atom stereocenters. The third-order valence-electron chi connectivity index (χ3n) is 4.32. The monoisotopic (exact) mass is 345 g/mol. The van der Waals surface area contributed by atoms with Crippen molar-refractivity contribution in [2.24, 2.45) is 0 Å². The summed E-state index contributed by atoms with van der Waals surface area (Å²) >= 11 is 1.47. The summed E-state index contributed by atoms with van der Waals surface area (Å²) in [7, 11) is 0. The molecule has 3 aromatic heterocycles. The van der Waals surface area contributed by atoms with E-state index in [1.165, 1.54) is 11.3 Å². The fourth-order valence-electron chi connectivity index (χ4n) is 3.03. The molecule has 0 bridgehead atoms. The number of aromatic nitrogens is 2. The van der Waals surface area contributed by atoms with Gasteiger partial charge in [0, 0.05) is 37.2 Å². The molecule has 1 aliphatic heterocycles. The molecule has 0 N–H and O–H groups in total. The number of thiazole rings is 1. The first kappa shape index (κ1) is 15.6. The smallest absolute Gasteiger partial charge is 0.258 e. The number of fused-ring (bicyclic) bond motifs is 1. The SMILES string of the molecule is CCc1ccc(C2COCCN2Cc2cc(=O)n3ccsc3n2)o1. The molecule has 3 aromatic rings. The lowest BCUT2D eigenvalue weighted by molar-refractivity contribution is -0.0211. The summed E-state index contributed by atoms with van der Waals surface area (Å²) in [5.74, 6) is 1.90. The van der Waals surface area contributed by atoms with E-state index in [2.05, 4.69) is 16.8 Å². The second-order valence-corrected chi connectivity index (χ2v) is 6.73. The molecular formula is C17H19N3O3S. The Morgan fingerprint density at radius 2 is 2.33 bits per heavy atom. The van der Waals surface area contributed by atoms with Crippen LogP contribution in [0.4, 0.5) is 0 Å². The Labute approximate surface area is 143 Å². The van der Waals surface area contributed by atoms with Crippen LogP contribution in [0.2, 0.25) is 0 Å². The van der Waals surface area contributed by atoms with Crippen molar-refractivity contribution in [1.29, 1.82) is 0 Å². The predicted molar refractivity (Wildman–Crippen MR) is 91.4 cm³/mol. The van der Waals surface area contributed by atoms with Crippen LogP contribution in [0.3, 0.4) is 0 Å². The first-order valence-electron chi connectivity index (χ1n) is 8.11. The van der Waals surface area contributed by atoms with Crippen molar-refractivity contribution in [2.75, 3.05) is 19.8 Å². The molecular weight excluding hydrogens is 326 g/mol. The van der Waals surface area contributed by atoms with E-state index in [4.69, 9.17) is 9.15 Å². The molecule has 0 saturated carbocycles. The van der Waals surface area contributed by atoms with E-state index in [0.717, 1.165) is 35.1 Å². The third-order valence-corrected chi connectivity index (χ3v) is 5.08. The standard InChI is InChI=1S/C17H19N3O3S/c1-2-13-3-4-15(23-13)14-11-22-7-5-19(14)10-12-9-16(21)20-6-8-24-17(20)18-12/h3-4,6,8-9,14H,2,5,7,10-11H2,1H3. The van der Waals surface area contributed by atoms with Crippen LogP contribution in [0.15, 0.2) is 39.0 Å². The van der Waals surface area contributed by atoms with Gasteiger partial charge in [-0.15, -0.1) is 11.3 Å². The number of furan rings is 1. The van der Waals surface area contributed by atoms with Gasteiger partial charge < -0.3 is 9.15 Å². The fraction of sp³-hybridized carbons (Fsp3) is 0.412. The van der Waals surface area contributed by atoms with Crippen molar-refractivity contribution >= 4 is 16.3 Å². The van der Waals surface area contributed by atoms with Crippen LogP contribution in [-0.2, 0) is 17.7 Å². The zero-order valence-corrected chi connectivity index (χ0v) is 14.3. The lowest BCUT2D eigenvalue weighted by Gasteiger charge is -2.34. The van der Waals surface area contributed by atoms with E-state index in [9.17, 15) is 4.79 Å². The normalized spacial score (nSPS) is 19.1. The quantitative estimate of drug-likeness (QED) is 0.727. The Morgan fingerprint density at radius 1 is 1.42 bits per heavy atom. The van der Waals surface area contributed by atoms with E-state index < -0.39 is 0 Å². The Morgan fingerprint density at radius 3 is 3.17 bits per heavy atom. The lowest BCUT2D eigenvalue weighted by Crippen LogP contribution is -2.39. The maximum absolute atomic E-state index is 12.2. The van der Waals surface area contributed by atoms with Gasteiger partial charge in [0.15, 0.2) is 4.96 Å². The molecule has 126 valence electrons. The molecule has 24 heavy (non-hydrogen) atoms. The lowest BCUT2D eigenvalue weighted by atomic mass is 10.1. The predicted octanol–water partition coefficient (Wildman–Crippen LogP) is 2.48. The summed E-state index contributed by atoms with van der Waals surface area (Å²) in [6.45, 7) is 4.75. The van der Waals surface area contributed by atoms with Crippen LogP contribution in [0.25, 0.3) is 4.96 Å². The highest BCUT2D eigenvalue weighted by Gasteiger charge is 2.27. The van der Waals surface area contributed by atoms with E-state index in [0.29, 0.717) is 19.8 Å². The average molecular weight is 345 g/mol. The average Bonchev–Trinajstić information content (AvgIpc) is 3.24. The molecule has 7 heteroatoms. The molecule has 1 saturated heterocycles. The minimum absolute atomic E-state index is 0.0349. The Kier molecular flexibility index (Phi) is 4.22. The van der Waals surface area contributed by atoms with Gasteiger partial charge in [0.2, 0.25) is 0 Å². The molecule has 1 aliphatic rings. The van der Waals surface area contributed by atoms with Crippen LogP contribution in [0.5, 0.6) is 0 Å². The number of hydrogen-bond acceptors (Lipinski definition) is 6. The van der Waals surface area contributed by atoms with Crippen molar-refractivity contribution in [1.82, 2.24) is 14.3 Å². The highest BCUT2D eigenvalue weighted by atomic mass is 32.1. The molecule has 0 spiro atoms. The van der Waals surface area contributed by atoms with Crippen LogP contribution in [0, 0.1) is 0 Å². The van der Waals surface area contributed by atoms with Gasteiger partial charge in [-0.25, -0.2) is 4.98 Å². The summed E-state index contributed by atoms with van der Waals surface area (Å²) < 4.78 is 13.1. The van der Waals surface area contributed by atoms with E-state index in [-0.39, 0.29) is 11.6 Å². The maximum Gasteiger partial charge on any atom is 0.258 e. The first-order chi connectivity index (χ1) is 11.7. The van der Waals surface area contributed by atoms with E-state index in [1.54, 1.807) is 16.7 Å². The van der Waals surface area contributed by atoms with Crippen LogP contribution in [0.1, 0.15) is 30.2 Å². The number of morpholine rings is 1. The Balaban J connectivity index is 1.61. The highest BCUT2D eigenvalue weighted by Crippen LogP contribution is 2.27. The van der Waals surface area contributed by atoms with Gasteiger partial charge in [0.1, 0.15) is 11.5 Å². The van der Waals surface area contributed by atoms with Crippen molar-refractivity contribution in [2.45, 2.75) is 25.9 Å². The molecule has 6 nitrogen and oxygen atoms in total. The number of rotatable bonds is 4. The van der Waals surface area contributed by atoms with E-state index >= 15 is 0 Å². The molecule has 0 aromatic carbocycles.